The maximum Gasteiger partial charge on any atom is 0.339 e. The molecule has 0 heterocycles. The van der Waals surface area contributed by atoms with E-state index in [0.717, 1.165) is 33.4 Å². The summed E-state index contributed by atoms with van der Waals surface area (Å²) in [6.07, 6.45) is -0.127. The van der Waals surface area contributed by atoms with Gasteiger partial charge in [-0.15, -0.1) is 0 Å². The maximum atomic E-state index is 14.1. The van der Waals surface area contributed by atoms with Crippen molar-refractivity contribution in [2.24, 2.45) is 11.7 Å². The lowest BCUT2D eigenvalue weighted by Crippen LogP contribution is -2.32. The minimum Gasteiger partial charge on any atom is -0.464 e. The minimum atomic E-state index is -4.09. The molecule has 0 saturated carbocycles. The van der Waals surface area contributed by atoms with Gasteiger partial charge in [0.25, 0.3) is 0 Å². The number of carbonyl (C=O) groups is 2. The molecule has 6 rings (SSSR count). The van der Waals surface area contributed by atoms with Crippen LogP contribution in [0.4, 0.5) is 0 Å². The highest BCUT2D eigenvalue weighted by atomic mass is 32.2. The van der Waals surface area contributed by atoms with Gasteiger partial charge in [-0.25, -0.2) is 0 Å². The summed E-state index contributed by atoms with van der Waals surface area (Å²) in [7, 11) is -4.09. The fraction of sp³-hybridized carbons (Fsp3) is 0.200. The first-order chi connectivity index (χ1) is 23.7. The molecule has 0 radical (unpaired) electrons. The molecule has 2 unspecified atom stereocenters. The lowest BCUT2D eigenvalue weighted by atomic mass is 9.83. The average Bonchev–Trinajstić information content (AvgIpc) is 3.44. The fourth-order valence-corrected chi connectivity index (χ4v) is 7.18. The number of hydrogen-bond acceptors (Lipinski definition) is 8. The van der Waals surface area contributed by atoms with Crippen molar-refractivity contribution < 1.29 is 31.7 Å². The molecule has 49 heavy (non-hydrogen) atoms. The van der Waals surface area contributed by atoms with Crippen LogP contribution in [-0.2, 0) is 35.8 Å². The van der Waals surface area contributed by atoms with Crippen LogP contribution >= 0.6 is 0 Å². The zero-order valence-electron chi connectivity index (χ0n) is 27.0. The van der Waals surface area contributed by atoms with Crippen molar-refractivity contribution in [3.05, 3.63) is 155 Å². The predicted octanol–water partition coefficient (Wildman–Crippen LogP) is 6.91. The van der Waals surface area contributed by atoms with Gasteiger partial charge >= 0.3 is 22.1 Å². The van der Waals surface area contributed by atoms with E-state index in [9.17, 15) is 18.0 Å². The van der Waals surface area contributed by atoms with Gasteiger partial charge in [0.15, 0.2) is 0 Å². The van der Waals surface area contributed by atoms with E-state index in [1.807, 2.05) is 73.7 Å². The average molecular weight is 676 g/mol. The van der Waals surface area contributed by atoms with Crippen molar-refractivity contribution in [1.82, 2.24) is 0 Å². The number of carbonyl (C=O) groups excluding carboxylic acids is 2. The summed E-state index contributed by atoms with van der Waals surface area (Å²) < 4.78 is 42.8. The van der Waals surface area contributed by atoms with Gasteiger partial charge < -0.3 is 19.4 Å². The van der Waals surface area contributed by atoms with Crippen LogP contribution in [-0.4, -0.2) is 33.5 Å². The molecule has 0 spiro atoms. The molecule has 0 aliphatic heterocycles. The number of benzene rings is 5. The van der Waals surface area contributed by atoms with Crippen LogP contribution in [0.25, 0.3) is 11.1 Å². The molecule has 1 aliphatic carbocycles. The first kappa shape index (κ1) is 33.6. The Kier molecular flexibility index (Phi) is 10.2. The summed E-state index contributed by atoms with van der Waals surface area (Å²) >= 11 is 0. The van der Waals surface area contributed by atoms with Gasteiger partial charge in [0.1, 0.15) is 23.9 Å². The fourth-order valence-electron chi connectivity index (χ4n) is 6.25. The highest BCUT2D eigenvalue weighted by Gasteiger charge is 2.35. The molecular formula is C40H37NO7S. The first-order valence-electron chi connectivity index (χ1n) is 16.1. The SMILES string of the molecule is Cc1ccc(S(=O)(=O)Oc2ccc(C(C(=O)OCC3c4ccccc4-c4ccccc43)C(CN)CC(=O)OCc3ccccc3)cc2)cc1. The third-order valence-corrected chi connectivity index (χ3v) is 10.1. The first-order valence-corrected chi connectivity index (χ1v) is 17.5. The third-order valence-electron chi connectivity index (χ3n) is 8.81. The smallest absolute Gasteiger partial charge is 0.339 e. The summed E-state index contributed by atoms with van der Waals surface area (Å²) in [6.45, 7) is 2.04. The second kappa shape index (κ2) is 14.9. The lowest BCUT2D eigenvalue weighted by Gasteiger charge is -2.25. The molecule has 0 aromatic heterocycles. The van der Waals surface area contributed by atoms with Crippen molar-refractivity contribution >= 4 is 22.1 Å². The number of fused-ring (bicyclic) bond motifs is 3. The molecule has 9 heteroatoms. The summed E-state index contributed by atoms with van der Waals surface area (Å²) in [5, 5.41) is 0. The maximum absolute atomic E-state index is 14.1. The van der Waals surface area contributed by atoms with E-state index in [2.05, 4.69) is 12.1 Å². The quantitative estimate of drug-likeness (QED) is 0.106. The number of rotatable bonds is 13. The lowest BCUT2D eigenvalue weighted by molar-refractivity contribution is -0.149. The van der Waals surface area contributed by atoms with Gasteiger partial charge in [0, 0.05) is 5.92 Å². The predicted molar refractivity (Wildman–Crippen MR) is 186 cm³/mol. The molecule has 5 aromatic rings. The molecule has 0 amide bonds. The number of esters is 2. The summed E-state index contributed by atoms with van der Waals surface area (Å²) in [5.74, 6) is -2.74. The molecule has 0 saturated heterocycles. The van der Waals surface area contributed by atoms with E-state index in [4.69, 9.17) is 19.4 Å². The Bertz CT molecular complexity index is 1980. The Morgan fingerprint density at radius 3 is 1.94 bits per heavy atom. The second-order valence-corrected chi connectivity index (χ2v) is 13.6. The van der Waals surface area contributed by atoms with Crippen LogP contribution in [0.5, 0.6) is 5.75 Å². The Labute approximate surface area is 286 Å². The van der Waals surface area contributed by atoms with Crippen molar-refractivity contribution in [3.8, 4) is 16.9 Å². The number of ether oxygens (including phenoxy) is 2. The van der Waals surface area contributed by atoms with Crippen LogP contribution < -0.4 is 9.92 Å². The van der Waals surface area contributed by atoms with Gasteiger partial charge in [0.05, 0.1) is 12.3 Å². The van der Waals surface area contributed by atoms with Crippen LogP contribution in [0, 0.1) is 12.8 Å². The normalized spacial score (nSPS) is 13.5. The third kappa shape index (κ3) is 7.74. The van der Waals surface area contributed by atoms with Crippen LogP contribution in [0.2, 0.25) is 0 Å². The Morgan fingerprint density at radius 1 is 0.735 bits per heavy atom. The minimum absolute atomic E-state index is 0.00461. The van der Waals surface area contributed by atoms with E-state index in [0.29, 0.717) is 5.56 Å². The largest absolute Gasteiger partial charge is 0.464 e. The van der Waals surface area contributed by atoms with E-state index in [1.165, 1.54) is 24.3 Å². The van der Waals surface area contributed by atoms with Gasteiger partial charge in [-0.05, 0) is 77.0 Å². The molecule has 2 atom stereocenters. The zero-order chi connectivity index (χ0) is 34.4. The van der Waals surface area contributed by atoms with Crippen LogP contribution in [0.1, 0.15) is 46.1 Å². The standard InChI is InChI=1S/C40H37NO7S/c1-27-15-21-32(22-16-27)49(44,45)48-31-19-17-29(18-20-31)39(30(24-41)23-38(42)46-25-28-9-3-2-4-10-28)40(43)47-26-37-35-13-7-5-11-33(35)34-12-6-8-14-36(34)37/h2-22,30,37,39H,23-26,41H2,1H3. The Morgan fingerprint density at radius 2 is 1.33 bits per heavy atom. The molecular weight excluding hydrogens is 639 g/mol. The van der Waals surface area contributed by atoms with Gasteiger partial charge in [-0.2, -0.15) is 8.42 Å². The summed E-state index contributed by atoms with van der Waals surface area (Å²) in [6, 6.07) is 37.9. The van der Waals surface area contributed by atoms with Crippen molar-refractivity contribution in [3.63, 3.8) is 0 Å². The highest BCUT2D eigenvalue weighted by Crippen LogP contribution is 2.45. The van der Waals surface area contributed by atoms with Gasteiger partial charge in [-0.3, -0.25) is 9.59 Å². The van der Waals surface area contributed by atoms with Crippen LogP contribution in [0.15, 0.2) is 132 Å². The van der Waals surface area contributed by atoms with Gasteiger partial charge in [0.2, 0.25) is 0 Å². The Balaban J connectivity index is 1.23. The van der Waals surface area contributed by atoms with Crippen molar-refractivity contribution in [2.75, 3.05) is 13.2 Å². The van der Waals surface area contributed by atoms with E-state index >= 15 is 0 Å². The number of hydrogen-bond donors (Lipinski definition) is 1. The van der Waals surface area contributed by atoms with Crippen LogP contribution in [0.3, 0.4) is 0 Å². The zero-order valence-corrected chi connectivity index (χ0v) is 27.8. The van der Waals surface area contributed by atoms with Crippen molar-refractivity contribution in [1.29, 1.82) is 0 Å². The monoisotopic (exact) mass is 675 g/mol. The van der Waals surface area contributed by atoms with Gasteiger partial charge in [-0.1, -0.05) is 109 Å². The summed E-state index contributed by atoms with van der Waals surface area (Å²) in [4.78, 5) is 27.1. The molecule has 250 valence electrons. The molecule has 8 nitrogen and oxygen atoms in total. The molecule has 0 fully saturated rings. The van der Waals surface area contributed by atoms with E-state index < -0.39 is 33.9 Å². The molecule has 2 N–H and O–H groups in total. The number of nitrogens with two attached hydrogens (primary N) is 1. The van der Waals surface area contributed by atoms with Crippen molar-refractivity contribution in [2.45, 2.75) is 36.7 Å². The van der Waals surface area contributed by atoms with E-state index in [-0.39, 0.29) is 42.7 Å². The summed E-state index contributed by atoms with van der Waals surface area (Å²) in [5.41, 5.74) is 12.8. The second-order valence-electron chi connectivity index (χ2n) is 12.1. The topological polar surface area (TPSA) is 122 Å². The highest BCUT2D eigenvalue weighted by molar-refractivity contribution is 7.87. The van der Waals surface area contributed by atoms with E-state index in [1.54, 1.807) is 24.3 Å². The number of aryl methyl sites for hydroxylation is 1. The molecule has 5 aromatic carbocycles. The molecule has 1 aliphatic rings. The Hall–Kier alpha value is -5.25. The molecule has 0 bridgehead atoms.